The summed E-state index contributed by atoms with van der Waals surface area (Å²) in [5.41, 5.74) is 5.47. The van der Waals surface area contributed by atoms with Crippen molar-refractivity contribution in [2.24, 2.45) is 11.6 Å². The van der Waals surface area contributed by atoms with Gasteiger partial charge in [0, 0.05) is 0 Å². The highest BCUT2D eigenvalue weighted by atomic mass is 19.1. The van der Waals surface area contributed by atoms with Crippen LogP contribution in [-0.2, 0) is 4.79 Å². The Balaban J connectivity index is 3.15. The van der Waals surface area contributed by atoms with E-state index in [1.54, 1.807) is 6.07 Å². The Hall–Kier alpha value is -2.08. The van der Waals surface area contributed by atoms with Crippen LogP contribution < -0.4 is 16.6 Å². The molecule has 5 N–H and O–H groups in total. The molecule has 0 aromatic heterocycles. The van der Waals surface area contributed by atoms with Crippen molar-refractivity contribution in [1.82, 2.24) is 0 Å². The van der Waals surface area contributed by atoms with Gasteiger partial charge in [0.05, 0.1) is 11.4 Å². The lowest BCUT2D eigenvalue weighted by molar-refractivity contribution is -0.132. The van der Waals surface area contributed by atoms with E-state index in [4.69, 9.17) is 16.7 Å². The number of para-hydroxylation sites is 1. The molecule has 1 aromatic carbocycles. The third-order valence-electron chi connectivity index (χ3n) is 2.71. The number of hydrogen-bond acceptors (Lipinski definition) is 4. The molecule has 5 nitrogen and oxygen atoms in total. The number of allylic oxidation sites excluding steroid dienone is 1. The Morgan fingerprint density at radius 1 is 1.42 bits per heavy atom. The Morgan fingerprint density at radius 2 is 2.05 bits per heavy atom. The van der Waals surface area contributed by atoms with Crippen molar-refractivity contribution < 1.29 is 14.3 Å². The van der Waals surface area contributed by atoms with Gasteiger partial charge in [-0.15, -0.1) is 0 Å². The Kier molecular flexibility index (Phi) is 5.32. The van der Waals surface area contributed by atoms with E-state index < -0.39 is 11.8 Å². The second-order valence-corrected chi connectivity index (χ2v) is 4.09. The molecule has 0 saturated carbocycles. The first-order chi connectivity index (χ1) is 8.99. The number of carbonyl (C=O) groups is 1. The molecule has 0 heterocycles. The van der Waals surface area contributed by atoms with Gasteiger partial charge in [0.2, 0.25) is 0 Å². The number of halogens is 1. The number of hydrazine groups is 1. The summed E-state index contributed by atoms with van der Waals surface area (Å²) >= 11 is 0. The molecule has 19 heavy (non-hydrogen) atoms. The van der Waals surface area contributed by atoms with Crippen molar-refractivity contribution in [1.29, 1.82) is 0 Å². The first-order valence-electron chi connectivity index (χ1n) is 6.00. The second kappa shape index (κ2) is 6.75. The first-order valence-corrected chi connectivity index (χ1v) is 6.00. The van der Waals surface area contributed by atoms with Crippen LogP contribution in [0.5, 0.6) is 0 Å². The van der Waals surface area contributed by atoms with Crippen molar-refractivity contribution in [3.05, 3.63) is 41.5 Å². The minimum absolute atomic E-state index is 0.0952. The number of hydrogen-bond donors (Lipinski definition) is 3. The van der Waals surface area contributed by atoms with E-state index in [0.29, 0.717) is 12.8 Å². The fourth-order valence-electron chi connectivity index (χ4n) is 1.65. The third kappa shape index (κ3) is 3.69. The molecule has 0 aliphatic carbocycles. The Labute approximate surface area is 111 Å². The molecule has 0 radical (unpaired) electrons. The van der Waals surface area contributed by atoms with Gasteiger partial charge in [0.1, 0.15) is 11.5 Å². The standard InChI is InChI=1S/C13H18FN3O2/c1-2-3-7-11(12(15)13(18)19)17(16)10-8-5-4-6-9(10)14/h4-6,8H,2-3,7,15-16H2,1H3,(H,18,19)/b12-11-. The van der Waals surface area contributed by atoms with Gasteiger partial charge in [-0.1, -0.05) is 25.5 Å². The van der Waals surface area contributed by atoms with Crippen LogP contribution >= 0.6 is 0 Å². The SMILES string of the molecule is CCCC/C(=C(/N)C(=O)O)N(N)c1ccccc1F. The molecule has 0 aliphatic rings. The van der Waals surface area contributed by atoms with Crippen LogP contribution in [0.4, 0.5) is 10.1 Å². The zero-order chi connectivity index (χ0) is 14.4. The highest BCUT2D eigenvalue weighted by molar-refractivity contribution is 5.87. The first kappa shape index (κ1) is 15.0. The lowest BCUT2D eigenvalue weighted by Gasteiger charge is -2.23. The summed E-state index contributed by atoms with van der Waals surface area (Å²) in [6, 6.07) is 5.87. The fourth-order valence-corrected chi connectivity index (χ4v) is 1.65. The van der Waals surface area contributed by atoms with E-state index in [-0.39, 0.29) is 17.1 Å². The highest BCUT2D eigenvalue weighted by Gasteiger charge is 2.18. The molecule has 104 valence electrons. The zero-order valence-corrected chi connectivity index (χ0v) is 10.8. The summed E-state index contributed by atoms with van der Waals surface area (Å²) in [5, 5.41) is 9.97. The van der Waals surface area contributed by atoms with E-state index in [2.05, 4.69) is 0 Å². The topological polar surface area (TPSA) is 92.6 Å². The smallest absolute Gasteiger partial charge is 0.353 e. The normalized spacial score (nSPS) is 11.9. The summed E-state index contributed by atoms with van der Waals surface area (Å²) in [6.07, 6.45) is 1.94. The average Bonchev–Trinajstić information content (AvgIpc) is 2.39. The molecule has 0 unspecified atom stereocenters. The Morgan fingerprint density at radius 3 is 2.58 bits per heavy atom. The van der Waals surface area contributed by atoms with Crippen molar-refractivity contribution >= 4 is 11.7 Å². The number of nitrogens with two attached hydrogens (primary N) is 2. The number of nitrogens with zero attached hydrogens (tertiary/aromatic N) is 1. The van der Waals surface area contributed by atoms with Crippen molar-refractivity contribution in [3.8, 4) is 0 Å². The summed E-state index contributed by atoms with van der Waals surface area (Å²) in [7, 11) is 0. The summed E-state index contributed by atoms with van der Waals surface area (Å²) in [6.45, 7) is 1.96. The maximum Gasteiger partial charge on any atom is 0.353 e. The van der Waals surface area contributed by atoms with Gasteiger partial charge in [-0.2, -0.15) is 0 Å². The summed E-state index contributed by atoms with van der Waals surface area (Å²) in [4.78, 5) is 11.0. The van der Waals surface area contributed by atoms with Gasteiger partial charge >= 0.3 is 5.97 Å². The molecule has 0 amide bonds. The van der Waals surface area contributed by atoms with Crippen molar-refractivity contribution in [2.75, 3.05) is 5.01 Å². The van der Waals surface area contributed by atoms with E-state index in [0.717, 1.165) is 11.4 Å². The van der Waals surface area contributed by atoms with E-state index in [1.165, 1.54) is 18.2 Å². The molecular formula is C13H18FN3O2. The van der Waals surface area contributed by atoms with Crippen LogP contribution in [0.15, 0.2) is 35.7 Å². The average molecular weight is 267 g/mol. The maximum absolute atomic E-state index is 13.7. The van der Waals surface area contributed by atoms with Gasteiger partial charge in [0.25, 0.3) is 0 Å². The molecule has 0 aliphatic heterocycles. The minimum atomic E-state index is -1.27. The number of benzene rings is 1. The van der Waals surface area contributed by atoms with Crippen LogP contribution in [0, 0.1) is 5.82 Å². The zero-order valence-electron chi connectivity index (χ0n) is 10.8. The van der Waals surface area contributed by atoms with E-state index >= 15 is 0 Å². The quantitative estimate of drug-likeness (QED) is 0.416. The van der Waals surface area contributed by atoms with Crippen LogP contribution in [0.3, 0.4) is 0 Å². The number of rotatable bonds is 6. The van der Waals surface area contributed by atoms with Crippen LogP contribution in [0.25, 0.3) is 0 Å². The monoisotopic (exact) mass is 267 g/mol. The van der Waals surface area contributed by atoms with Gasteiger partial charge in [-0.05, 0) is 25.0 Å². The second-order valence-electron chi connectivity index (χ2n) is 4.09. The van der Waals surface area contributed by atoms with Crippen LogP contribution in [0.1, 0.15) is 26.2 Å². The third-order valence-corrected chi connectivity index (χ3v) is 2.71. The number of carboxylic acid groups (broad SMARTS) is 1. The largest absolute Gasteiger partial charge is 0.477 e. The molecule has 1 rings (SSSR count). The number of unbranched alkanes of at least 4 members (excludes halogenated alkanes) is 1. The molecule has 0 bridgehead atoms. The number of anilines is 1. The summed E-state index contributed by atoms with van der Waals surface area (Å²) < 4.78 is 13.7. The highest BCUT2D eigenvalue weighted by Crippen LogP contribution is 2.23. The van der Waals surface area contributed by atoms with E-state index in [9.17, 15) is 9.18 Å². The van der Waals surface area contributed by atoms with Crippen LogP contribution in [-0.4, -0.2) is 11.1 Å². The molecule has 0 fully saturated rings. The molecular weight excluding hydrogens is 249 g/mol. The van der Waals surface area contributed by atoms with Gasteiger partial charge in [0.15, 0.2) is 0 Å². The van der Waals surface area contributed by atoms with Gasteiger partial charge in [-0.25, -0.2) is 15.0 Å². The molecule has 0 spiro atoms. The van der Waals surface area contributed by atoms with E-state index in [1.807, 2.05) is 6.92 Å². The Bertz CT molecular complexity index is 489. The minimum Gasteiger partial charge on any atom is -0.477 e. The predicted molar refractivity (Wildman–Crippen MR) is 71.4 cm³/mol. The maximum atomic E-state index is 13.7. The molecule has 1 aromatic rings. The molecule has 0 atom stereocenters. The predicted octanol–water partition coefficient (Wildman–Crippen LogP) is 1.95. The molecule has 6 heteroatoms. The molecule has 0 saturated heterocycles. The fraction of sp³-hybridized carbons (Fsp3) is 0.308. The number of carboxylic acids is 1. The lowest BCUT2D eigenvalue weighted by Crippen LogP contribution is -2.34. The lowest BCUT2D eigenvalue weighted by atomic mass is 10.1. The van der Waals surface area contributed by atoms with Gasteiger partial charge < -0.3 is 10.8 Å². The van der Waals surface area contributed by atoms with Gasteiger partial charge in [-0.3, -0.25) is 5.01 Å². The number of aliphatic carboxylic acids is 1. The van der Waals surface area contributed by atoms with Crippen LogP contribution in [0.2, 0.25) is 0 Å². The van der Waals surface area contributed by atoms with Crippen molar-refractivity contribution in [3.63, 3.8) is 0 Å². The summed E-state index contributed by atoms with van der Waals surface area (Å²) in [5.74, 6) is 4.02. The van der Waals surface area contributed by atoms with Crippen molar-refractivity contribution in [2.45, 2.75) is 26.2 Å².